The summed E-state index contributed by atoms with van der Waals surface area (Å²) >= 11 is 5.30. The van der Waals surface area contributed by atoms with Gasteiger partial charge in [0, 0.05) is 17.8 Å². The molecule has 0 saturated carbocycles. The molecule has 1 N–H and O–H groups in total. The summed E-state index contributed by atoms with van der Waals surface area (Å²) in [7, 11) is 1.66. The van der Waals surface area contributed by atoms with Crippen molar-refractivity contribution < 1.29 is 4.74 Å². The molecule has 0 aliphatic rings. The first kappa shape index (κ1) is 8.71. The quantitative estimate of drug-likeness (QED) is 0.633. The Kier molecular flexibility index (Phi) is 6.36. The van der Waals surface area contributed by atoms with E-state index in [0.29, 0.717) is 6.61 Å². The van der Waals surface area contributed by atoms with Gasteiger partial charge >= 0.3 is 0 Å². The van der Waals surface area contributed by atoms with Crippen LogP contribution in [0.15, 0.2) is 10.7 Å². The van der Waals surface area contributed by atoms with Gasteiger partial charge in [0.05, 0.1) is 29.5 Å². The predicted molar refractivity (Wildman–Crippen MR) is 46.0 cm³/mol. The first-order chi connectivity index (χ1) is 3.81. The zero-order chi connectivity index (χ0) is 6.41. The summed E-state index contributed by atoms with van der Waals surface area (Å²) in [5.41, 5.74) is 0. The van der Waals surface area contributed by atoms with Crippen LogP contribution in [-0.4, -0.2) is 13.7 Å². The fraction of sp³-hybridized carbons (Fsp3) is 0.500. The summed E-state index contributed by atoms with van der Waals surface area (Å²) in [5, 5.41) is 0. The second-order valence-electron chi connectivity index (χ2n) is 1.13. The Balaban J connectivity index is 3.29. The number of methoxy groups -OCH3 is 1. The largest absolute Gasteiger partial charge is 0.379 e. The zero-order valence-electron chi connectivity index (χ0n) is 4.45. The van der Waals surface area contributed by atoms with Crippen molar-refractivity contribution >= 4 is 38.8 Å². The average Bonchev–Trinajstić information content (AvgIpc) is 1.68. The van der Waals surface area contributed by atoms with Crippen molar-refractivity contribution in [2.24, 2.45) is 0 Å². The average molecular weight is 292 g/mol. The number of ether oxygens (including phenoxy) is 1. The van der Waals surface area contributed by atoms with Crippen molar-refractivity contribution in [2.45, 2.75) is 0 Å². The van der Waals surface area contributed by atoms with Crippen LogP contribution in [-0.2, 0) is 4.74 Å². The van der Waals surface area contributed by atoms with Crippen LogP contribution >= 0.6 is 38.8 Å². The van der Waals surface area contributed by atoms with Crippen LogP contribution in [0.25, 0.3) is 0 Å². The maximum atomic E-state index is 4.80. The Morgan fingerprint density at radius 2 is 2.62 bits per heavy atom. The van der Waals surface area contributed by atoms with Crippen LogP contribution in [0.3, 0.4) is 0 Å². The summed E-state index contributed by atoms with van der Waals surface area (Å²) in [4.78, 5) is 0. The lowest BCUT2D eigenvalue weighted by molar-refractivity contribution is 0.232. The molecular weight excluding hydrogens is 285 g/mol. The first-order valence-electron chi connectivity index (χ1n) is 2.01. The maximum Gasteiger partial charge on any atom is 0.0792 e. The van der Waals surface area contributed by atoms with Gasteiger partial charge < -0.3 is 8.27 Å². The number of nitrogens with one attached hydrogen (secondary N) is 1. The van der Waals surface area contributed by atoms with Crippen LogP contribution in [0, 0.1) is 0 Å². The molecule has 48 valence electrons. The first-order valence-corrected chi connectivity index (χ1v) is 3.88. The standard InChI is InChI=1S/C4H7BrINO/c1-8-3-4(5)2-7-6/h2,7H,3H2,1H3/b4-2+. The van der Waals surface area contributed by atoms with Crippen LogP contribution in [0.5, 0.6) is 0 Å². The molecule has 2 nitrogen and oxygen atoms in total. The molecule has 0 radical (unpaired) electrons. The number of rotatable bonds is 3. The van der Waals surface area contributed by atoms with E-state index in [1.165, 1.54) is 0 Å². The van der Waals surface area contributed by atoms with E-state index in [0.717, 1.165) is 4.48 Å². The van der Waals surface area contributed by atoms with Crippen LogP contribution in [0.4, 0.5) is 0 Å². The molecule has 0 aromatic rings. The number of halogens is 2. The van der Waals surface area contributed by atoms with Crippen molar-refractivity contribution in [1.29, 1.82) is 0 Å². The van der Waals surface area contributed by atoms with Crippen molar-refractivity contribution in [1.82, 2.24) is 3.53 Å². The number of hydrogen-bond acceptors (Lipinski definition) is 2. The molecule has 0 spiro atoms. The third-order valence-electron chi connectivity index (χ3n) is 0.493. The normalized spacial score (nSPS) is 11.6. The van der Waals surface area contributed by atoms with Crippen LogP contribution < -0.4 is 3.53 Å². The van der Waals surface area contributed by atoms with Crippen molar-refractivity contribution in [3.05, 3.63) is 10.7 Å². The number of hydrogen-bond donors (Lipinski definition) is 1. The predicted octanol–water partition coefficient (Wildman–Crippen LogP) is 1.81. The van der Waals surface area contributed by atoms with Crippen LogP contribution in [0.2, 0.25) is 0 Å². The van der Waals surface area contributed by atoms with Crippen molar-refractivity contribution in [3.8, 4) is 0 Å². The molecule has 0 aromatic carbocycles. The van der Waals surface area contributed by atoms with Gasteiger partial charge in [-0.1, -0.05) is 15.9 Å². The molecule has 0 aromatic heterocycles. The molecule has 8 heavy (non-hydrogen) atoms. The fourth-order valence-corrected chi connectivity index (χ4v) is 1.39. The smallest absolute Gasteiger partial charge is 0.0792 e. The second-order valence-corrected chi connectivity index (χ2v) is 2.77. The fourth-order valence-electron chi connectivity index (χ4n) is 0.239. The summed E-state index contributed by atoms with van der Waals surface area (Å²) in [6.07, 6.45) is 1.82. The summed E-state index contributed by atoms with van der Waals surface area (Å²) in [5.74, 6) is 0. The molecule has 0 atom stereocenters. The van der Waals surface area contributed by atoms with Gasteiger partial charge in [-0.05, 0) is 0 Å². The highest BCUT2D eigenvalue weighted by atomic mass is 127. The minimum Gasteiger partial charge on any atom is -0.379 e. The SMILES string of the molecule is COC/C(Br)=C\NI. The minimum atomic E-state index is 0.621. The Morgan fingerprint density at radius 1 is 2.00 bits per heavy atom. The van der Waals surface area contributed by atoms with E-state index in [-0.39, 0.29) is 0 Å². The Hall–Kier alpha value is 0.710. The molecule has 0 fully saturated rings. The van der Waals surface area contributed by atoms with Gasteiger partial charge in [0.1, 0.15) is 0 Å². The van der Waals surface area contributed by atoms with E-state index in [1.54, 1.807) is 7.11 Å². The van der Waals surface area contributed by atoms with Gasteiger partial charge in [-0.25, -0.2) is 0 Å². The third-order valence-corrected chi connectivity index (χ3v) is 1.26. The lowest BCUT2D eigenvalue weighted by Gasteiger charge is -1.93. The highest BCUT2D eigenvalue weighted by Crippen LogP contribution is 2.02. The molecule has 0 aliphatic carbocycles. The van der Waals surface area contributed by atoms with Gasteiger partial charge in [-0.2, -0.15) is 0 Å². The highest BCUT2D eigenvalue weighted by Gasteiger charge is 1.84. The van der Waals surface area contributed by atoms with E-state index >= 15 is 0 Å². The molecule has 0 aliphatic heterocycles. The summed E-state index contributed by atoms with van der Waals surface area (Å²) in [6.45, 7) is 0.621. The van der Waals surface area contributed by atoms with Gasteiger partial charge in [0.25, 0.3) is 0 Å². The molecular formula is C4H7BrINO. The molecule has 0 unspecified atom stereocenters. The van der Waals surface area contributed by atoms with Gasteiger partial charge in [-0.3, -0.25) is 0 Å². The summed E-state index contributed by atoms with van der Waals surface area (Å²) in [6, 6.07) is 0. The molecule has 0 bridgehead atoms. The summed E-state index contributed by atoms with van der Waals surface area (Å²) < 4.78 is 8.64. The van der Waals surface area contributed by atoms with E-state index in [4.69, 9.17) is 4.74 Å². The minimum absolute atomic E-state index is 0.621. The van der Waals surface area contributed by atoms with E-state index in [9.17, 15) is 0 Å². The Bertz CT molecular complexity index is 86.1. The second kappa shape index (κ2) is 5.84. The zero-order valence-corrected chi connectivity index (χ0v) is 8.19. The molecule has 0 amide bonds. The Labute approximate surface area is 71.3 Å². The van der Waals surface area contributed by atoms with E-state index in [1.807, 2.05) is 29.1 Å². The topological polar surface area (TPSA) is 21.3 Å². The van der Waals surface area contributed by atoms with Crippen LogP contribution in [0.1, 0.15) is 0 Å². The molecule has 0 heterocycles. The van der Waals surface area contributed by atoms with Crippen molar-refractivity contribution in [3.63, 3.8) is 0 Å². The van der Waals surface area contributed by atoms with Gasteiger partial charge in [-0.15, -0.1) is 0 Å². The molecule has 0 rings (SSSR count). The maximum absolute atomic E-state index is 4.80. The lowest BCUT2D eigenvalue weighted by Crippen LogP contribution is -1.90. The van der Waals surface area contributed by atoms with E-state index in [2.05, 4.69) is 19.5 Å². The molecule has 0 saturated heterocycles. The monoisotopic (exact) mass is 291 g/mol. The molecule has 4 heteroatoms. The third kappa shape index (κ3) is 4.86. The lowest BCUT2D eigenvalue weighted by atomic mass is 10.7. The Morgan fingerprint density at radius 3 is 3.00 bits per heavy atom. The van der Waals surface area contributed by atoms with Gasteiger partial charge in [0.15, 0.2) is 0 Å². The van der Waals surface area contributed by atoms with Crippen molar-refractivity contribution in [2.75, 3.05) is 13.7 Å². The van der Waals surface area contributed by atoms with Gasteiger partial charge in [0.2, 0.25) is 0 Å². The van der Waals surface area contributed by atoms with E-state index < -0.39 is 0 Å². The highest BCUT2D eigenvalue weighted by molar-refractivity contribution is 14.1.